The van der Waals surface area contributed by atoms with Crippen molar-refractivity contribution in [2.45, 2.75) is 39.5 Å². The maximum absolute atomic E-state index is 11.3. The van der Waals surface area contributed by atoms with Crippen LogP contribution in [0, 0.1) is 6.92 Å². The van der Waals surface area contributed by atoms with Gasteiger partial charge in [-0.1, -0.05) is 31.0 Å². The first-order chi connectivity index (χ1) is 9.13. The van der Waals surface area contributed by atoms with Crippen LogP contribution in [0.2, 0.25) is 5.02 Å². The van der Waals surface area contributed by atoms with Gasteiger partial charge in [-0.2, -0.15) is 0 Å². The molecule has 0 N–H and O–H groups in total. The standard InChI is InChI=1S/C15H21ClO3/c1-3-4-9-19-15(17)6-5-10-18-14-8-7-12(2)11-13(14)16/h7-8,11H,3-6,9-10H2,1-2H3. The van der Waals surface area contributed by atoms with Gasteiger partial charge in [-0.15, -0.1) is 0 Å². The third-order valence-electron chi connectivity index (χ3n) is 2.63. The van der Waals surface area contributed by atoms with E-state index in [1.54, 1.807) is 0 Å². The Balaban J connectivity index is 2.18. The molecule has 0 aliphatic carbocycles. The number of halogens is 1. The van der Waals surface area contributed by atoms with E-state index in [1.807, 2.05) is 25.1 Å². The van der Waals surface area contributed by atoms with Crippen LogP contribution in [-0.4, -0.2) is 19.2 Å². The number of rotatable bonds is 8. The minimum atomic E-state index is -0.160. The highest BCUT2D eigenvalue weighted by Crippen LogP contribution is 2.25. The highest BCUT2D eigenvalue weighted by atomic mass is 35.5. The highest BCUT2D eigenvalue weighted by molar-refractivity contribution is 6.32. The van der Waals surface area contributed by atoms with Crippen molar-refractivity contribution in [1.29, 1.82) is 0 Å². The summed E-state index contributed by atoms with van der Waals surface area (Å²) in [7, 11) is 0. The van der Waals surface area contributed by atoms with Crippen LogP contribution in [0.4, 0.5) is 0 Å². The number of esters is 1. The summed E-state index contributed by atoms with van der Waals surface area (Å²) in [6.07, 6.45) is 2.96. The van der Waals surface area contributed by atoms with Crippen LogP contribution >= 0.6 is 11.6 Å². The van der Waals surface area contributed by atoms with Crippen LogP contribution in [-0.2, 0) is 9.53 Å². The molecular weight excluding hydrogens is 264 g/mol. The number of carbonyl (C=O) groups excluding carboxylic acids is 1. The first-order valence-corrected chi connectivity index (χ1v) is 7.06. The molecule has 0 spiro atoms. The lowest BCUT2D eigenvalue weighted by Crippen LogP contribution is -2.08. The summed E-state index contributed by atoms with van der Waals surface area (Å²) < 4.78 is 10.6. The second-order valence-electron chi connectivity index (χ2n) is 4.46. The van der Waals surface area contributed by atoms with E-state index in [2.05, 4.69) is 6.92 Å². The Morgan fingerprint density at radius 2 is 2.05 bits per heavy atom. The van der Waals surface area contributed by atoms with Crippen LogP contribution in [0.5, 0.6) is 5.75 Å². The van der Waals surface area contributed by atoms with Crippen LogP contribution in [0.25, 0.3) is 0 Å². The van der Waals surface area contributed by atoms with Crippen molar-refractivity contribution in [3.05, 3.63) is 28.8 Å². The Morgan fingerprint density at radius 3 is 2.74 bits per heavy atom. The normalized spacial score (nSPS) is 10.3. The molecule has 0 unspecified atom stereocenters. The van der Waals surface area contributed by atoms with Gasteiger partial charge in [0, 0.05) is 6.42 Å². The number of benzene rings is 1. The molecule has 1 aromatic rings. The highest BCUT2D eigenvalue weighted by Gasteiger charge is 2.04. The molecule has 0 bridgehead atoms. The van der Waals surface area contributed by atoms with Crippen LogP contribution in [0.1, 0.15) is 38.2 Å². The topological polar surface area (TPSA) is 35.5 Å². The average molecular weight is 285 g/mol. The van der Waals surface area contributed by atoms with E-state index in [0.29, 0.717) is 36.8 Å². The molecule has 0 aromatic heterocycles. The molecule has 0 saturated carbocycles. The fraction of sp³-hybridized carbons (Fsp3) is 0.533. The van der Waals surface area contributed by atoms with E-state index in [4.69, 9.17) is 21.1 Å². The van der Waals surface area contributed by atoms with E-state index in [9.17, 15) is 4.79 Å². The van der Waals surface area contributed by atoms with E-state index in [-0.39, 0.29) is 5.97 Å². The maximum Gasteiger partial charge on any atom is 0.305 e. The number of hydrogen-bond donors (Lipinski definition) is 0. The maximum atomic E-state index is 11.3. The summed E-state index contributed by atoms with van der Waals surface area (Å²) in [6.45, 7) is 5.01. The van der Waals surface area contributed by atoms with Crippen molar-refractivity contribution in [1.82, 2.24) is 0 Å². The van der Waals surface area contributed by atoms with Crippen LogP contribution in [0.15, 0.2) is 18.2 Å². The van der Waals surface area contributed by atoms with E-state index < -0.39 is 0 Å². The zero-order chi connectivity index (χ0) is 14.1. The Labute approximate surface area is 119 Å². The van der Waals surface area contributed by atoms with Gasteiger partial charge in [0.2, 0.25) is 0 Å². The molecule has 0 aliphatic heterocycles. The van der Waals surface area contributed by atoms with E-state index in [0.717, 1.165) is 18.4 Å². The van der Waals surface area contributed by atoms with Gasteiger partial charge in [0.15, 0.2) is 0 Å². The van der Waals surface area contributed by atoms with E-state index in [1.165, 1.54) is 0 Å². The van der Waals surface area contributed by atoms with Gasteiger partial charge >= 0.3 is 5.97 Å². The minimum Gasteiger partial charge on any atom is -0.492 e. The molecule has 0 heterocycles. The van der Waals surface area contributed by atoms with Crippen molar-refractivity contribution < 1.29 is 14.3 Å². The van der Waals surface area contributed by atoms with Gasteiger partial charge in [0.05, 0.1) is 18.2 Å². The zero-order valence-electron chi connectivity index (χ0n) is 11.6. The molecule has 0 fully saturated rings. The summed E-state index contributed by atoms with van der Waals surface area (Å²) in [6, 6.07) is 5.65. The lowest BCUT2D eigenvalue weighted by molar-refractivity contribution is -0.144. The fourth-order valence-electron chi connectivity index (χ4n) is 1.52. The summed E-state index contributed by atoms with van der Waals surface area (Å²) in [4.78, 5) is 11.3. The Hall–Kier alpha value is -1.22. The predicted molar refractivity (Wildman–Crippen MR) is 76.8 cm³/mol. The lowest BCUT2D eigenvalue weighted by Gasteiger charge is -2.08. The molecular formula is C15H21ClO3. The molecule has 0 atom stereocenters. The van der Waals surface area contributed by atoms with Gasteiger partial charge in [-0.25, -0.2) is 0 Å². The first kappa shape index (κ1) is 15.8. The minimum absolute atomic E-state index is 0.160. The van der Waals surface area contributed by atoms with Gasteiger partial charge < -0.3 is 9.47 Å². The second-order valence-corrected chi connectivity index (χ2v) is 4.87. The van der Waals surface area contributed by atoms with Crippen molar-refractivity contribution in [2.75, 3.05) is 13.2 Å². The SMILES string of the molecule is CCCCOC(=O)CCCOc1ccc(C)cc1Cl. The smallest absolute Gasteiger partial charge is 0.305 e. The zero-order valence-corrected chi connectivity index (χ0v) is 12.3. The largest absolute Gasteiger partial charge is 0.492 e. The van der Waals surface area contributed by atoms with Gasteiger partial charge in [0.1, 0.15) is 5.75 Å². The van der Waals surface area contributed by atoms with Crippen LogP contribution in [0.3, 0.4) is 0 Å². The molecule has 19 heavy (non-hydrogen) atoms. The molecule has 3 nitrogen and oxygen atoms in total. The molecule has 106 valence electrons. The summed E-state index contributed by atoms with van der Waals surface area (Å²) >= 11 is 6.04. The molecule has 0 aliphatic rings. The Bertz CT molecular complexity index is 404. The van der Waals surface area contributed by atoms with Gasteiger partial charge in [-0.3, -0.25) is 4.79 Å². The number of carbonyl (C=O) groups is 1. The van der Waals surface area contributed by atoms with Crippen molar-refractivity contribution in [3.63, 3.8) is 0 Å². The number of unbranched alkanes of at least 4 members (excludes halogenated alkanes) is 1. The van der Waals surface area contributed by atoms with Gasteiger partial charge in [-0.05, 0) is 37.5 Å². The molecule has 4 heteroatoms. The Morgan fingerprint density at radius 1 is 1.26 bits per heavy atom. The Kier molecular flexibility index (Phi) is 7.34. The third-order valence-corrected chi connectivity index (χ3v) is 2.93. The second kappa shape index (κ2) is 8.81. The molecule has 0 amide bonds. The van der Waals surface area contributed by atoms with Crippen molar-refractivity contribution in [3.8, 4) is 5.75 Å². The quantitative estimate of drug-likeness (QED) is 0.531. The summed E-state index contributed by atoms with van der Waals surface area (Å²) in [5.74, 6) is 0.499. The van der Waals surface area contributed by atoms with Crippen molar-refractivity contribution >= 4 is 17.6 Å². The monoisotopic (exact) mass is 284 g/mol. The van der Waals surface area contributed by atoms with E-state index >= 15 is 0 Å². The molecule has 1 rings (SSSR count). The predicted octanol–water partition coefficient (Wildman–Crippen LogP) is 4.15. The molecule has 0 radical (unpaired) electrons. The third kappa shape index (κ3) is 6.48. The lowest BCUT2D eigenvalue weighted by atomic mass is 10.2. The fourth-order valence-corrected chi connectivity index (χ4v) is 1.81. The number of ether oxygens (including phenoxy) is 2. The average Bonchev–Trinajstić information content (AvgIpc) is 2.37. The van der Waals surface area contributed by atoms with Gasteiger partial charge in [0.25, 0.3) is 0 Å². The molecule has 0 saturated heterocycles. The number of aryl methyl sites for hydroxylation is 1. The molecule has 1 aromatic carbocycles. The van der Waals surface area contributed by atoms with Crippen molar-refractivity contribution in [2.24, 2.45) is 0 Å². The first-order valence-electron chi connectivity index (χ1n) is 6.68. The summed E-state index contributed by atoms with van der Waals surface area (Å²) in [5.41, 5.74) is 1.09. The number of hydrogen-bond acceptors (Lipinski definition) is 3. The summed E-state index contributed by atoms with van der Waals surface area (Å²) in [5, 5.41) is 0.602. The van der Waals surface area contributed by atoms with Crippen LogP contribution < -0.4 is 4.74 Å².